The normalized spacial score (nSPS) is 21.6. The molecule has 0 fully saturated rings. The third kappa shape index (κ3) is 2.25. The van der Waals surface area contributed by atoms with Gasteiger partial charge in [0.25, 0.3) is 0 Å². The van der Waals surface area contributed by atoms with Crippen molar-refractivity contribution in [2.75, 3.05) is 5.75 Å². The van der Waals surface area contributed by atoms with E-state index in [9.17, 15) is 9.90 Å². The van der Waals surface area contributed by atoms with E-state index in [1.54, 1.807) is 13.0 Å². The SMILES string of the molecule is C=CC(C)(CC1CSc2ccccc21)C(=O)O. The van der Waals surface area contributed by atoms with Gasteiger partial charge in [0, 0.05) is 10.6 Å². The average Bonchev–Trinajstić information content (AvgIpc) is 2.72. The Balaban J connectivity index is 2.22. The van der Waals surface area contributed by atoms with Crippen molar-refractivity contribution in [3.05, 3.63) is 42.5 Å². The van der Waals surface area contributed by atoms with E-state index in [1.807, 2.05) is 23.9 Å². The highest BCUT2D eigenvalue weighted by atomic mass is 32.2. The zero-order valence-electron chi connectivity index (χ0n) is 9.85. The van der Waals surface area contributed by atoms with Gasteiger partial charge in [0.15, 0.2) is 0 Å². The summed E-state index contributed by atoms with van der Waals surface area (Å²) in [5.41, 5.74) is 0.453. The molecule has 3 heteroatoms. The third-order valence-electron chi connectivity index (χ3n) is 3.41. The van der Waals surface area contributed by atoms with Crippen molar-refractivity contribution in [3.8, 4) is 0 Å². The second kappa shape index (κ2) is 4.57. The molecule has 1 aromatic rings. The zero-order chi connectivity index (χ0) is 12.5. The zero-order valence-corrected chi connectivity index (χ0v) is 10.7. The minimum atomic E-state index is -0.831. The first-order chi connectivity index (χ1) is 8.07. The fraction of sp³-hybridized carbons (Fsp3) is 0.357. The molecule has 2 rings (SSSR count). The number of rotatable bonds is 4. The molecule has 1 aromatic carbocycles. The lowest BCUT2D eigenvalue weighted by molar-refractivity contribution is -0.145. The van der Waals surface area contributed by atoms with Crippen LogP contribution in [0, 0.1) is 5.41 Å². The lowest BCUT2D eigenvalue weighted by Gasteiger charge is -2.24. The summed E-state index contributed by atoms with van der Waals surface area (Å²) < 4.78 is 0. The fourth-order valence-electron chi connectivity index (χ4n) is 2.17. The largest absolute Gasteiger partial charge is 0.481 e. The van der Waals surface area contributed by atoms with Crippen molar-refractivity contribution in [1.29, 1.82) is 0 Å². The number of carboxylic acid groups (broad SMARTS) is 1. The predicted octanol–water partition coefficient (Wildman–Crippen LogP) is 3.54. The summed E-state index contributed by atoms with van der Waals surface area (Å²) in [5.74, 6) is 0.493. The topological polar surface area (TPSA) is 37.3 Å². The summed E-state index contributed by atoms with van der Waals surface area (Å²) in [6, 6.07) is 8.25. The molecule has 90 valence electrons. The van der Waals surface area contributed by atoms with Crippen molar-refractivity contribution < 1.29 is 9.90 Å². The highest BCUT2D eigenvalue weighted by Crippen LogP contribution is 2.45. The molecular formula is C14H16O2S. The number of thioether (sulfide) groups is 1. The summed E-state index contributed by atoms with van der Waals surface area (Å²) in [4.78, 5) is 12.6. The molecule has 0 saturated heterocycles. The molecule has 1 aliphatic rings. The number of carboxylic acids is 1. The molecular weight excluding hydrogens is 232 g/mol. The number of hydrogen-bond acceptors (Lipinski definition) is 2. The van der Waals surface area contributed by atoms with Gasteiger partial charge in [-0.1, -0.05) is 24.3 Å². The Labute approximate surface area is 106 Å². The van der Waals surface area contributed by atoms with Crippen molar-refractivity contribution in [1.82, 2.24) is 0 Å². The van der Waals surface area contributed by atoms with Crippen molar-refractivity contribution >= 4 is 17.7 Å². The van der Waals surface area contributed by atoms with Crippen molar-refractivity contribution in [2.45, 2.75) is 24.2 Å². The molecule has 1 heterocycles. The summed E-state index contributed by atoms with van der Waals surface area (Å²) >= 11 is 1.81. The van der Waals surface area contributed by atoms with Crippen LogP contribution in [0.1, 0.15) is 24.8 Å². The van der Waals surface area contributed by atoms with Gasteiger partial charge < -0.3 is 5.11 Å². The summed E-state index contributed by atoms with van der Waals surface area (Å²) in [6.45, 7) is 5.41. The Morgan fingerprint density at radius 3 is 3.00 bits per heavy atom. The second-order valence-corrected chi connectivity index (χ2v) is 5.74. The van der Waals surface area contributed by atoms with E-state index in [0.717, 1.165) is 5.75 Å². The van der Waals surface area contributed by atoms with E-state index in [0.29, 0.717) is 12.3 Å². The standard InChI is InChI=1S/C14H16O2S/c1-3-14(2,13(15)16)8-10-9-17-12-7-5-4-6-11(10)12/h3-7,10H,1,8-9H2,2H3,(H,15,16). The Bertz CT molecular complexity index is 455. The Hall–Kier alpha value is -1.22. The maximum Gasteiger partial charge on any atom is 0.313 e. The molecule has 2 atom stereocenters. The van der Waals surface area contributed by atoms with E-state index < -0.39 is 11.4 Å². The monoisotopic (exact) mass is 248 g/mol. The second-order valence-electron chi connectivity index (χ2n) is 4.68. The van der Waals surface area contributed by atoms with Crippen LogP contribution in [-0.2, 0) is 4.79 Å². The molecule has 0 aliphatic carbocycles. The van der Waals surface area contributed by atoms with Gasteiger partial charge in [-0.05, 0) is 30.9 Å². The Morgan fingerprint density at radius 1 is 1.65 bits per heavy atom. The maximum atomic E-state index is 11.3. The molecule has 0 aromatic heterocycles. The summed E-state index contributed by atoms with van der Waals surface area (Å²) in [6.07, 6.45) is 2.18. The highest BCUT2D eigenvalue weighted by molar-refractivity contribution is 7.99. The fourth-order valence-corrected chi connectivity index (χ4v) is 3.42. The number of benzene rings is 1. The van der Waals surface area contributed by atoms with Crippen molar-refractivity contribution in [3.63, 3.8) is 0 Å². The molecule has 0 radical (unpaired) electrons. The first kappa shape index (κ1) is 12.2. The first-order valence-electron chi connectivity index (χ1n) is 5.65. The number of fused-ring (bicyclic) bond motifs is 1. The molecule has 17 heavy (non-hydrogen) atoms. The predicted molar refractivity (Wildman–Crippen MR) is 70.5 cm³/mol. The smallest absolute Gasteiger partial charge is 0.313 e. The van der Waals surface area contributed by atoms with E-state index in [1.165, 1.54) is 10.5 Å². The first-order valence-corrected chi connectivity index (χ1v) is 6.64. The Morgan fingerprint density at radius 2 is 2.35 bits per heavy atom. The molecule has 2 unspecified atom stereocenters. The van der Waals surface area contributed by atoms with Gasteiger partial charge in [-0.25, -0.2) is 0 Å². The van der Waals surface area contributed by atoms with Gasteiger partial charge in [0.1, 0.15) is 0 Å². The van der Waals surface area contributed by atoms with Crippen LogP contribution in [-0.4, -0.2) is 16.8 Å². The average molecular weight is 248 g/mol. The van der Waals surface area contributed by atoms with E-state index in [-0.39, 0.29) is 0 Å². The van der Waals surface area contributed by atoms with Crippen LogP contribution in [0.3, 0.4) is 0 Å². The van der Waals surface area contributed by atoms with Gasteiger partial charge in [-0.15, -0.1) is 18.3 Å². The van der Waals surface area contributed by atoms with E-state index in [4.69, 9.17) is 0 Å². The molecule has 1 N–H and O–H groups in total. The van der Waals surface area contributed by atoms with Crippen LogP contribution in [0.4, 0.5) is 0 Å². The molecule has 0 saturated carbocycles. The van der Waals surface area contributed by atoms with Crippen LogP contribution in [0.15, 0.2) is 41.8 Å². The van der Waals surface area contributed by atoms with Crippen molar-refractivity contribution in [2.24, 2.45) is 5.41 Å². The third-order valence-corrected chi connectivity index (χ3v) is 4.66. The molecule has 0 amide bonds. The van der Waals surface area contributed by atoms with Crippen LogP contribution in [0.25, 0.3) is 0 Å². The number of aliphatic carboxylic acids is 1. The van der Waals surface area contributed by atoms with Gasteiger partial charge in [0.05, 0.1) is 5.41 Å². The van der Waals surface area contributed by atoms with Crippen LogP contribution in [0.2, 0.25) is 0 Å². The number of hydrogen-bond donors (Lipinski definition) is 1. The minimum Gasteiger partial charge on any atom is -0.481 e. The van der Waals surface area contributed by atoms with E-state index >= 15 is 0 Å². The maximum absolute atomic E-state index is 11.3. The molecule has 1 aliphatic heterocycles. The minimum absolute atomic E-state index is 0.315. The van der Waals surface area contributed by atoms with Crippen LogP contribution in [0.5, 0.6) is 0 Å². The van der Waals surface area contributed by atoms with Crippen LogP contribution >= 0.6 is 11.8 Å². The van der Waals surface area contributed by atoms with Crippen LogP contribution < -0.4 is 0 Å². The van der Waals surface area contributed by atoms with E-state index in [2.05, 4.69) is 18.7 Å². The quantitative estimate of drug-likeness (QED) is 0.828. The molecule has 0 bridgehead atoms. The summed E-state index contributed by atoms with van der Waals surface area (Å²) in [5, 5.41) is 9.26. The lowest BCUT2D eigenvalue weighted by atomic mass is 9.79. The van der Waals surface area contributed by atoms with Gasteiger partial charge in [0.2, 0.25) is 0 Å². The van der Waals surface area contributed by atoms with Gasteiger partial charge in [-0.2, -0.15) is 0 Å². The summed E-state index contributed by atoms with van der Waals surface area (Å²) in [7, 11) is 0. The molecule has 2 nitrogen and oxygen atoms in total. The van der Waals surface area contributed by atoms with Gasteiger partial charge in [-0.3, -0.25) is 4.79 Å². The lowest BCUT2D eigenvalue weighted by Crippen LogP contribution is -2.27. The van der Waals surface area contributed by atoms with Gasteiger partial charge >= 0.3 is 5.97 Å². The number of carbonyl (C=O) groups is 1. The molecule has 0 spiro atoms. The Kier molecular flexibility index (Phi) is 3.29. The highest BCUT2D eigenvalue weighted by Gasteiger charge is 2.35.